The predicted octanol–water partition coefficient (Wildman–Crippen LogP) is 1.87. The Balaban J connectivity index is 2.63. The second kappa shape index (κ2) is 4.40. The molecule has 0 bridgehead atoms. The molecule has 0 aromatic carbocycles. The van der Waals surface area contributed by atoms with Crippen molar-refractivity contribution in [3.8, 4) is 0 Å². The van der Waals surface area contributed by atoms with Crippen molar-refractivity contribution in [2.45, 2.75) is 13.0 Å². The highest BCUT2D eigenvalue weighted by atomic mass is 16.5. The third-order valence-electron chi connectivity index (χ3n) is 1.61. The Morgan fingerprint density at radius 3 is 3.08 bits per heavy atom. The number of carbonyl (C=O) groups excluding carboxylic acids is 1. The molecule has 0 aliphatic carbocycles. The molecular weight excluding hydrogens is 166 g/mol. The largest absolute Gasteiger partial charge is 0.455 e. The molecule has 1 heterocycles. The number of hydrogen-bond acceptors (Lipinski definition) is 3. The van der Waals surface area contributed by atoms with Gasteiger partial charge in [0, 0.05) is 24.0 Å². The van der Waals surface area contributed by atoms with Crippen LogP contribution in [-0.4, -0.2) is 11.0 Å². The first kappa shape index (κ1) is 9.45. The van der Waals surface area contributed by atoms with Crippen molar-refractivity contribution in [2.75, 3.05) is 0 Å². The topological polar surface area (TPSA) is 39.2 Å². The van der Waals surface area contributed by atoms with Crippen molar-refractivity contribution >= 4 is 5.97 Å². The van der Waals surface area contributed by atoms with Crippen LogP contribution in [0.1, 0.15) is 18.6 Å². The summed E-state index contributed by atoms with van der Waals surface area (Å²) in [6.07, 6.45) is 4.21. The maximum atomic E-state index is 10.8. The summed E-state index contributed by atoms with van der Waals surface area (Å²) in [7, 11) is 0. The van der Waals surface area contributed by atoms with Crippen molar-refractivity contribution < 1.29 is 9.53 Å². The highest BCUT2D eigenvalue weighted by Gasteiger charge is 2.08. The van der Waals surface area contributed by atoms with Crippen LogP contribution in [0, 0.1) is 0 Å². The van der Waals surface area contributed by atoms with Gasteiger partial charge in [-0.3, -0.25) is 4.98 Å². The van der Waals surface area contributed by atoms with Gasteiger partial charge in [0.2, 0.25) is 0 Å². The van der Waals surface area contributed by atoms with Gasteiger partial charge in [0.1, 0.15) is 6.10 Å². The average Bonchev–Trinajstić information content (AvgIpc) is 2.19. The Bertz CT molecular complexity index is 295. The SMILES string of the molecule is C=CC(=O)OC(C)c1cccnc1. The molecular formula is C10H11NO2. The Morgan fingerprint density at radius 1 is 1.77 bits per heavy atom. The molecule has 0 saturated heterocycles. The second-order valence-electron chi connectivity index (χ2n) is 2.57. The molecule has 3 nitrogen and oxygen atoms in total. The number of ether oxygens (including phenoxy) is 1. The second-order valence-corrected chi connectivity index (χ2v) is 2.57. The molecule has 1 aromatic heterocycles. The smallest absolute Gasteiger partial charge is 0.330 e. The van der Waals surface area contributed by atoms with Crippen LogP contribution in [0.5, 0.6) is 0 Å². The van der Waals surface area contributed by atoms with Crippen molar-refractivity contribution in [1.82, 2.24) is 4.98 Å². The lowest BCUT2D eigenvalue weighted by Crippen LogP contribution is -2.05. The number of esters is 1. The molecule has 3 heteroatoms. The van der Waals surface area contributed by atoms with Crippen LogP contribution < -0.4 is 0 Å². The zero-order chi connectivity index (χ0) is 9.68. The molecule has 0 amide bonds. The van der Waals surface area contributed by atoms with Gasteiger partial charge in [-0.25, -0.2) is 4.79 Å². The molecule has 1 unspecified atom stereocenters. The van der Waals surface area contributed by atoms with Gasteiger partial charge in [-0.1, -0.05) is 12.6 Å². The zero-order valence-corrected chi connectivity index (χ0v) is 7.43. The van der Waals surface area contributed by atoms with Gasteiger partial charge in [-0.05, 0) is 13.0 Å². The van der Waals surface area contributed by atoms with Gasteiger partial charge in [0.05, 0.1) is 0 Å². The summed E-state index contributed by atoms with van der Waals surface area (Å²) in [4.78, 5) is 14.8. The van der Waals surface area contributed by atoms with E-state index in [-0.39, 0.29) is 6.10 Å². The number of carbonyl (C=O) groups is 1. The minimum atomic E-state index is -0.420. The molecule has 1 atom stereocenters. The molecule has 0 fully saturated rings. The molecule has 0 N–H and O–H groups in total. The summed E-state index contributed by atoms with van der Waals surface area (Å²) in [5.41, 5.74) is 0.873. The van der Waals surface area contributed by atoms with Crippen LogP contribution in [0.3, 0.4) is 0 Å². The standard InChI is InChI=1S/C10H11NO2/c1-3-10(12)13-8(2)9-5-4-6-11-7-9/h3-8H,1H2,2H3. The summed E-state index contributed by atoms with van der Waals surface area (Å²) >= 11 is 0. The van der Waals surface area contributed by atoms with Crippen molar-refractivity contribution in [3.05, 3.63) is 42.7 Å². The van der Waals surface area contributed by atoms with Crippen molar-refractivity contribution in [2.24, 2.45) is 0 Å². The lowest BCUT2D eigenvalue weighted by atomic mass is 10.2. The molecule has 68 valence electrons. The van der Waals surface area contributed by atoms with Gasteiger partial charge in [-0.15, -0.1) is 0 Å². The zero-order valence-electron chi connectivity index (χ0n) is 7.43. The number of pyridine rings is 1. The monoisotopic (exact) mass is 177 g/mol. The lowest BCUT2D eigenvalue weighted by Gasteiger charge is -2.10. The third-order valence-corrected chi connectivity index (χ3v) is 1.61. The van der Waals surface area contributed by atoms with Gasteiger partial charge >= 0.3 is 5.97 Å². The van der Waals surface area contributed by atoms with E-state index in [0.717, 1.165) is 11.6 Å². The highest BCUT2D eigenvalue weighted by Crippen LogP contribution is 2.14. The van der Waals surface area contributed by atoms with Crippen LogP contribution in [-0.2, 0) is 9.53 Å². The van der Waals surface area contributed by atoms with Gasteiger partial charge in [-0.2, -0.15) is 0 Å². The first-order valence-electron chi connectivity index (χ1n) is 3.97. The number of hydrogen-bond donors (Lipinski definition) is 0. The molecule has 0 aliphatic rings. The Morgan fingerprint density at radius 2 is 2.54 bits per heavy atom. The van der Waals surface area contributed by atoms with E-state index in [1.54, 1.807) is 25.4 Å². The average molecular weight is 177 g/mol. The maximum absolute atomic E-state index is 10.8. The van der Waals surface area contributed by atoms with Crippen LogP contribution in [0.4, 0.5) is 0 Å². The van der Waals surface area contributed by atoms with E-state index in [1.807, 2.05) is 6.07 Å². The molecule has 1 aromatic rings. The van der Waals surface area contributed by atoms with E-state index in [0.29, 0.717) is 0 Å². The molecule has 13 heavy (non-hydrogen) atoms. The normalized spacial score (nSPS) is 11.8. The predicted molar refractivity (Wildman–Crippen MR) is 48.9 cm³/mol. The fourth-order valence-corrected chi connectivity index (χ4v) is 0.907. The molecule has 0 aliphatic heterocycles. The number of rotatable bonds is 3. The fourth-order valence-electron chi connectivity index (χ4n) is 0.907. The van der Waals surface area contributed by atoms with E-state index in [2.05, 4.69) is 11.6 Å². The molecule has 0 radical (unpaired) electrons. The van der Waals surface area contributed by atoms with Crippen molar-refractivity contribution in [3.63, 3.8) is 0 Å². The minimum Gasteiger partial charge on any atom is -0.455 e. The summed E-state index contributed by atoms with van der Waals surface area (Å²) in [6, 6.07) is 3.65. The van der Waals surface area contributed by atoms with Crippen LogP contribution >= 0.6 is 0 Å². The molecule has 0 spiro atoms. The van der Waals surface area contributed by atoms with Crippen LogP contribution in [0.2, 0.25) is 0 Å². The fraction of sp³-hybridized carbons (Fsp3) is 0.200. The van der Waals surface area contributed by atoms with E-state index < -0.39 is 5.97 Å². The van der Waals surface area contributed by atoms with E-state index in [1.165, 1.54) is 0 Å². The summed E-state index contributed by atoms with van der Waals surface area (Å²) in [5, 5.41) is 0. The Hall–Kier alpha value is -1.64. The lowest BCUT2D eigenvalue weighted by molar-refractivity contribution is -0.142. The van der Waals surface area contributed by atoms with E-state index in [4.69, 9.17) is 4.74 Å². The van der Waals surface area contributed by atoms with Gasteiger partial charge < -0.3 is 4.74 Å². The third kappa shape index (κ3) is 2.71. The Labute approximate surface area is 77.1 Å². The molecule has 1 rings (SSSR count). The van der Waals surface area contributed by atoms with Gasteiger partial charge in [0.15, 0.2) is 0 Å². The number of nitrogens with zero attached hydrogens (tertiary/aromatic N) is 1. The minimum absolute atomic E-state index is 0.279. The highest BCUT2D eigenvalue weighted by molar-refractivity contribution is 5.81. The number of aromatic nitrogens is 1. The van der Waals surface area contributed by atoms with E-state index >= 15 is 0 Å². The quantitative estimate of drug-likeness (QED) is 0.522. The summed E-state index contributed by atoms with van der Waals surface area (Å²) in [6.45, 7) is 5.11. The van der Waals surface area contributed by atoms with Crippen LogP contribution in [0.15, 0.2) is 37.2 Å². The first-order valence-corrected chi connectivity index (χ1v) is 3.97. The first-order chi connectivity index (χ1) is 6.24. The van der Waals surface area contributed by atoms with Gasteiger partial charge in [0.25, 0.3) is 0 Å². The Kier molecular flexibility index (Phi) is 3.20. The molecule has 0 saturated carbocycles. The summed E-state index contributed by atoms with van der Waals surface area (Å²) in [5.74, 6) is -0.420. The van der Waals surface area contributed by atoms with Crippen molar-refractivity contribution in [1.29, 1.82) is 0 Å². The van der Waals surface area contributed by atoms with Crippen LogP contribution in [0.25, 0.3) is 0 Å². The van der Waals surface area contributed by atoms with E-state index in [9.17, 15) is 4.79 Å². The summed E-state index contributed by atoms with van der Waals surface area (Å²) < 4.78 is 4.99. The maximum Gasteiger partial charge on any atom is 0.330 e.